The first-order valence-corrected chi connectivity index (χ1v) is 6.03. The number of rotatable bonds is 2. The highest BCUT2D eigenvalue weighted by Gasteiger charge is 1.98. The van der Waals surface area contributed by atoms with Crippen molar-refractivity contribution >= 4 is 46.7 Å². The van der Waals surface area contributed by atoms with Crippen LogP contribution in [0, 0.1) is 0 Å². The van der Waals surface area contributed by atoms with Gasteiger partial charge in [0.25, 0.3) is 0 Å². The van der Waals surface area contributed by atoms with Gasteiger partial charge in [-0.2, -0.15) is 0 Å². The molecule has 0 saturated carbocycles. The van der Waals surface area contributed by atoms with Gasteiger partial charge in [0.1, 0.15) is 0 Å². The van der Waals surface area contributed by atoms with Gasteiger partial charge in [0.05, 0.1) is 5.69 Å². The second-order valence-electron chi connectivity index (χ2n) is 3.40. The van der Waals surface area contributed by atoms with Gasteiger partial charge in [-0.3, -0.25) is 4.99 Å². The zero-order valence-electron chi connectivity index (χ0n) is 8.70. The lowest BCUT2D eigenvalue weighted by Gasteiger charge is -1.98. The molecule has 1 nitrogen and oxygen atoms in total. The number of nitrogens with zero attached hydrogens (tertiary/aromatic N) is 1. The molecule has 0 aromatic heterocycles. The average Bonchev–Trinajstić information content (AvgIpc) is 2.32. The number of hydrogen-bond acceptors (Lipinski definition) is 1. The molecule has 0 heterocycles. The molecule has 0 bridgehead atoms. The molecule has 17 heavy (non-hydrogen) atoms. The summed E-state index contributed by atoms with van der Waals surface area (Å²) in [6.45, 7) is 0. The summed E-state index contributed by atoms with van der Waals surface area (Å²) in [6.07, 6.45) is 1.68. The lowest BCUT2D eigenvalue weighted by Crippen LogP contribution is -1.82. The zero-order valence-corrected chi connectivity index (χ0v) is 11.0. The van der Waals surface area contributed by atoms with Crippen LogP contribution in [-0.2, 0) is 0 Å². The molecule has 0 saturated heterocycles. The van der Waals surface area contributed by atoms with Crippen molar-refractivity contribution < 1.29 is 0 Å². The van der Waals surface area contributed by atoms with Crippen LogP contribution in [0.1, 0.15) is 5.56 Å². The molecule has 86 valence electrons. The first-order valence-electron chi connectivity index (χ1n) is 4.90. The molecule has 0 amide bonds. The van der Waals surface area contributed by atoms with Crippen LogP contribution in [0.25, 0.3) is 0 Å². The Morgan fingerprint density at radius 3 is 2.18 bits per heavy atom. The summed E-state index contributed by atoms with van der Waals surface area (Å²) in [5, 5.41) is 1.93. The Kier molecular flexibility index (Phi) is 4.06. The van der Waals surface area contributed by atoms with Gasteiger partial charge in [0, 0.05) is 26.8 Å². The van der Waals surface area contributed by atoms with Crippen LogP contribution in [0.5, 0.6) is 0 Å². The van der Waals surface area contributed by atoms with Crippen LogP contribution < -0.4 is 0 Å². The third-order valence-electron chi connectivity index (χ3n) is 2.14. The van der Waals surface area contributed by atoms with Crippen molar-refractivity contribution in [2.75, 3.05) is 0 Å². The molecule has 0 fully saturated rings. The molecule has 0 aliphatic carbocycles. The van der Waals surface area contributed by atoms with Crippen molar-refractivity contribution in [1.82, 2.24) is 0 Å². The molecular formula is C13H8Cl3N. The maximum absolute atomic E-state index is 6.02. The molecule has 0 spiro atoms. The van der Waals surface area contributed by atoms with Crippen LogP contribution in [0.4, 0.5) is 5.69 Å². The SMILES string of the molecule is Clc1ccc(/N=C/c2cc(Cl)ccc2Cl)cc1. The molecular weight excluding hydrogens is 277 g/mol. The highest BCUT2D eigenvalue weighted by molar-refractivity contribution is 6.35. The zero-order chi connectivity index (χ0) is 12.3. The summed E-state index contributed by atoms with van der Waals surface area (Å²) < 4.78 is 0. The molecule has 0 atom stereocenters. The Balaban J connectivity index is 2.25. The van der Waals surface area contributed by atoms with Crippen LogP contribution in [0.2, 0.25) is 15.1 Å². The van der Waals surface area contributed by atoms with Crippen molar-refractivity contribution in [3.63, 3.8) is 0 Å². The predicted octanol–water partition coefficient (Wildman–Crippen LogP) is 5.40. The maximum Gasteiger partial charge on any atom is 0.0630 e. The fourth-order valence-corrected chi connectivity index (χ4v) is 1.76. The average molecular weight is 285 g/mol. The van der Waals surface area contributed by atoms with Gasteiger partial charge >= 0.3 is 0 Å². The highest BCUT2D eigenvalue weighted by Crippen LogP contribution is 2.21. The van der Waals surface area contributed by atoms with Gasteiger partial charge in [-0.15, -0.1) is 0 Å². The van der Waals surface area contributed by atoms with E-state index in [1.165, 1.54) is 0 Å². The van der Waals surface area contributed by atoms with E-state index >= 15 is 0 Å². The van der Waals surface area contributed by atoms with Crippen molar-refractivity contribution in [3.8, 4) is 0 Å². The molecule has 2 rings (SSSR count). The van der Waals surface area contributed by atoms with Gasteiger partial charge in [0.15, 0.2) is 0 Å². The second-order valence-corrected chi connectivity index (χ2v) is 4.68. The smallest absolute Gasteiger partial charge is 0.0630 e. The predicted molar refractivity (Wildman–Crippen MR) is 75.2 cm³/mol. The van der Waals surface area contributed by atoms with Gasteiger partial charge in [-0.1, -0.05) is 34.8 Å². The Bertz CT molecular complexity index is 547. The topological polar surface area (TPSA) is 12.4 Å². The van der Waals surface area contributed by atoms with Gasteiger partial charge in [-0.25, -0.2) is 0 Å². The quantitative estimate of drug-likeness (QED) is 0.655. The largest absolute Gasteiger partial charge is 0.256 e. The van der Waals surface area contributed by atoms with Crippen molar-refractivity contribution in [2.45, 2.75) is 0 Å². The summed E-state index contributed by atoms with van der Waals surface area (Å²) in [7, 11) is 0. The third-order valence-corrected chi connectivity index (χ3v) is 2.97. The normalized spacial score (nSPS) is 11.0. The summed E-state index contributed by atoms with van der Waals surface area (Å²) in [6, 6.07) is 12.5. The van der Waals surface area contributed by atoms with E-state index in [-0.39, 0.29) is 0 Å². The lowest BCUT2D eigenvalue weighted by atomic mass is 10.2. The van der Waals surface area contributed by atoms with Crippen molar-refractivity contribution in [2.24, 2.45) is 4.99 Å². The van der Waals surface area contributed by atoms with Gasteiger partial charge in [-0.05, 0) is 42.5 Å². The third kappa shape index (κ3) is 3.47. The number of halogens is 3. The van der Waals surface area contributed by atoms with Gasteiger partial charge < -0.3 is 0 Å². The van der Waals surface area contributed by atoms with E-state index in [1.807, 2.05) is 12.1 Å². The Morgan fingerprint density at radius 1 is 0.824 bits per heavy atom. The first-order chi connectivity index (χ1) is 8.15. The summed E-state index contributed by atoms with van der Waals surface area (Å²) in [4.78, 5) is 4.29. The molecule has 0 aliphatic rings. The van der Waals surface area contributed by atoms with Crippen LogP contribution >= 0.6 is 34.8 Å². The van der Waals surface area contributed by atoms with Crippen LogP contribution in [0.15, 0.2) is 47.5 Å². The lowest BCUT2D eigenvalue weighted by molar-refractivity contribution is 1.52. The molecule has 0 aliphatic heterocycles. The Hall–Kier alpha value is -1.02. The molecule has 0 unspecified atom stereocenters. The standard InChI is InChI=1S/C13H8Cl3N/c14-10-1-4-12(5-2-10)17-8-9-7-11(15)3-6-13(9)16/h1-8H/b17-8+. The number of hydrogen-bond donors (Lipinski definition) is 0. The van der Waals surface area contributed by atoms with E-state index < -0.39 is 0 Å². The first kappa shape index (κ1) is 12.4. The Labute approximate surface area is 115 Å². The second kappa shape index (κ2) is 5.54. The van der Waals surface area contributed by atoms with E-state index in [0.29, 0.717) is 15.1 Å². The van der Waals surface area contributed by atoms with E-state index in [2.05, 4.69) is 4.99 Å². The molecule has 2 aromatic carbocycles. The Morgan fingerprint density at radius 2 is 1.47 bits per heavy atom. The van der Waals surface area contributed by atoms with E-state index in [0.717, 1.165) is 11.3 Å². The summed E-state index contributed by atoms with van der Waals surface area (Å²) in [5.74, 6) is 0. The van der Waals surface area contributed by atoms with Crippen molar-refractivity contribution in [3.05, 3.63) is 63.1 Å². The van der Waals surface area contributed by atoms with Gasteiger partial charge in [0.2, 0.25) is 0 Å². The minimum Gasteiger partial charge on any atom is -0.256 e. The minimum atomic E-state index is 0.618. The molecule has 2 aromatic rings. The molecule has 4 heteroatoms. The monoisotopic (exact) mass is 283 g/mol. The van der Waals surface area contributed by atoms with E-state index in [4.69, 9.17) is 34.8 Å². The molecule has 0 radical (unpaired) electrons. The van der Waals surface area contributed by atoms with E-state index in [1.54, 1.807) is 36.5 Å². The molecule has 0 N–H and O–H groups in total. The number of aliphatic imine (C=N–C) groups is 1. The number of benzene rings is 2. The highest BCUT2D eigenvalue weighted by atomic mass is 35.5. The van der Waals surface area contributed by atoms with Crippen LogP contribution in [0.3, 0.4) is 0 Å². The maximum atomic E-state index is 6.02. The summed E-state index contributed by atoms with van der Waals surface area (Å²) >= 11 is 17.7. The fourth-order valence-electron chi connectivity index (χ4n) is 1.28. The van der Waals surface area contributed by atoms with Crippen molar-refractivity contribution in [1.29, 1.82) is 0 Å². The van der Waals surface area contributed by atoms with Crippen LogP contribution in [-0.4, -0.2) is 6.21 Å². The fraction of sp³-hybridized carbons (Fsp3) is 0. The minimum absolute atomic E-state index is 0.618. The summed E-state index contributed by atoms with van der Waals surface area (Å²) in [5.41, 5.74) is 1.60. The van der Waals surface area contributed by atoms with E-state index in [9.17, 15) is 0 Å².